The summed E-state index contributed by atoms with van der Waals surface area (Å²) in [5.41, 5.74) is 0.882. The van der Waals surface area contributed by atoms with Crippen LogP contribution in [-0.4, -0.2) is 59.4 Å². The molecule has 0 aliphatic heterocycles. The molecule has 194 valence electrons. The molecule has 5 nitrogen and oxygen atoms in total. The lowest BCUT2D eigenvalue weighted by Gasteiger charge is -2.63. The molecule has 4 saturated carbocycles. The van der Waals surface area contributed by atoms with Gasteiger partial charge >= 0.3 is 0 Å². The Morgan fingerprint density at radius 1 is 0.971 bits per heavy atom. The first kappa shape index (κ1) is 25.2. The number of benzene rings is 1. The molecule has 3 N–H and O–H groups in total. The number of hydrogen-bond donors (Lipinski definition) is 3. The second-order valence-electron chi connectivity index (χ2n) is 13.1. The van der Waals surface area contributed by atoms with Crippen LogP contribution < -0.4 is 5.32 Å². The first-order valence-electron chi connectivity index (χ1n) is 14.0. The zero-order chi connectivity index (χ0) is 25.1. The number of carbonyl (C=O) groups excluding carboxylic acids is 1. The van der Waals surface area contributed by atoms with Crippen molar-refractivity contribution in [1.82, 2.24) is 10.2 Å². The molecule has 5 heteroatoms. The monoisotopic (exact) mass is 482 g/mol. The molecule has 1 aromatic rings. The minimum atomic E-state index is -0.726. The molecule has 4 fully saturated rings. The third-order valence-corrected chi connectivity index (χ3v) is 11.6. The zero-order valence-electron chi connectivity index (χ0n) is 22.3. The van der Waals surface area contributed by atoms with Crippen LogP contribution in [0.4, 0.5) is 0 Å². The topological polar surface area (TPSA) is 72.8 Å². The molecule has 35 heavy (non-hydrogen) atoms. The van der Waals surface area contributed by atoms with Crippen LogP contribution in [0.3, 0.4) is 0 Å². The van der Waals surface area contributed by atoms with Gasteiger partial charge in [0.15, 0.2) is 0 Å². The maximum absolute atomic E-state index is 12.8. The van der Waals surface area contributed by atoms with Crippen LogP contribution in [-0.2, 0) is 0 Å². The van der Waals surface area contributed by atoms with Crippen LogP contribution in [0, 0.1) is 40.4 Å². The van der Waals surface area contributed by atoms with E-state index >= 15 is 0 Å². The van der Waals surface area contributed by atoms with Gasteiger partial charge in [-0.05, 0) is 119 Å². The maximum atomic E-state index is 12.8. The van der Waals surface area contributed by atoms with Crippen molar-refractivity contribution in [2.75, 3.05) is 14.1 Å². The minimum absolute atomic E-state index is 0.0810. The number of rotatable bonds is 4. The second-order valence-corrected chi connectivity index (χ2v) is 13.1. The van der Waals surface area contributed by atoms with Gasteiger partial charge in [0.05, 0.1) is 18.2 Å². The summed E-state index contributed by atoms with van der Waals surface area (Å²) in [6, 6.07) is 9.10. The first-order valence-corrected chi connectivity index (χ1v) is 14.0. The van der Waals surface area contributed by atoms with E-state index in [1.165, 1.54) is 32.1 Å². The van der Waals surface area contributed by atoms with Crippen molar-refractivity contribution >= 4 is 5.91 Å². The number of aliphatic hydroxyl groups excluding tert-OH is 2. The second kappa shape index (κ2) is 9.15. The van der Waals surface area contributed by atoms with Gasteiger partial charge in [-0.2, -0.15) is 0 Å². The Kier molecular flexibility index (Phi) is 6.59. The van der Waals surface area contributed by atoms with Crippen LogP contribution in [0.1, 0.15) is 76.1 Å². The average molecular weight is 483 g/mol. The number of hydrogen-bond acceptors (Lipinski definition) is 4. The van der Waals surface area contributed by atoms with Crippen LogP contribution in [0.5, 0.6) is 0 Å². The van der Waals surface area contributed by atoms with Crippen molar-refractivity contribution in [2.24, 2.45) is 40.4 Å². The molecule has 1 aromatic carbocycles. The van der Waals surface area contributed by atoms with Gasteiger partial charge in [0.2, 0.25) is 0 Å². The Morgan fingerprint density at radius 3 is 2.31 bits per heavy atom. The van der Waals surface area contributed by atoms with Gasteiger partial charge in [-0.1, -0.05) is 32.0 Å². The summed E-state index contributed by atoms with van der Waals surface area (Å²) >= 11 is 0. The Labute approximate surface area is 211 Å². The van der Waals surface area contributed by atoms with E-state index in [1.807, 2.05) is 18.2 Å². The zero-order valence-corrected chi connectivity index (χ0v) is 22.3. The van der Waals surface area contributed by atoms with E-state index in [-0.39, 0.29) is 17.2 Å². The highest BCUT2D eigenvalue weighted by molar-refractivity contribution is 5.94. The summed E-state index contributed by atoms with van der Waals surface area (Å²) in [6.45, 7) is 7.31. The summed E-state index contributed by atoms with van der Waals surface area (Å²) in [5.74, 6) is 2.62. The molecular weight excluding hydrogens is 436 g/mol. The Balaban J connectivity index is 1.34. The van der Waals surface area contributed by atoms with E-state index in [2.05, 4.69) is 45.1 Å². The molecule has 0 heterocycles. The molecule has 4 aliphatic rings. The lowest BCUT2D eigenvalue weighted by Crippen LogP contribution is -2.65. The lowest BCUT2D eigenvalue weighted by molar-refractivity contribution is -0.177. The minimum Gasteiger partial charge on any atom is -0.391 e. The molecular formula is C30H46N2O3. The van der Waals surface area contributed by atoms with E-state index in [4.69, 9.17) is 0 Å². The van der Waals surface area contributed by atoms with Crippen LogP contribution >= 0.6 is 0 Å². The van der Waals surface area contributed by atoms with Crippen molar-refractivity contribution in [3.05, 3.63) is 35.9 Å². The maximum Gasteiger partial charge on any atom is 0.251 e. The third-order valence-electron chi connectivity index (χ3n) is 11.6. The number of fused-ring (bicyclic) bond motifs is 5. The van der Waals surface area contributed by atoms with E-state index in [0.29, 0.717) is 35.3 Å². The van der Waals surface area contributed by atoms with Gasteiger partial charge in [-0.3, -0.25) is 4.79 Å². The standard InChI is InChI=1S/C30H46N2O3/c1-18(32(4)5)21-13-14-22-20-11-12-24-27(34)26(31-28(35)19-9-7-6-8-10-19)25(33)17-30(24,3)23(20)15-16-29(21,22)2/h6-10,18,20-27,33-34H,11-17H2,1-5H3,(H,31,35). The quantitative estimate of drug-likeness (QED) is 0.597. The largest absolute Gasteiger partial charge is 0.391 e. The summed E-state index contributed by atoms with van der Waals surface area (Å²) < 4.78 is 0. The van der Waals surface area contributed by atoms with Crippen molar-refractivity contribution < 1.29 is 15.0 Å². The highest BCUT2D eigenvalue weighted by atomic mass is 16.3. The summed E-state index contributed by atoms with van der Waals surface area (Å²) in [5, 5.41) is 25.8. The summed E-state index contributed by atoms with van der Waals surface area (Å²) in [6.07, 6.45) is 6.48. The molecule has 0 spiro atoms. The van der Waals surface area contributed by atoms with E-state index in [0.717, 1.165) is 18.3 Å². The molecule has 0 saturated heterocycles. The number of nitrogens with zero attached hydrogens (tertiary/aromatic N) is 1. The smallest absolute Gasteiger partial charge is 0.251 e. The van der Waals surface area contributed by atoms with E-state index < -0.39 is 18.2 Å². The van der Waals surface area contributed by atoms with Crippen molar-refractivity contribution in [1.29, 1.82) is 0 Å². The average Bonchev–Trinajstić information content (AvgIpc) is 3.18. The SMILES string of the molecule is CC(C1CCC2C3CCC4C(O)C(NC(=O)c5ccccc5)C(O)CC4(C)C3CCC21C)N(C)C. The van der Waals surface area contributed by atoms with Gasteiger partial charge < -0.3 is 20.4 Å². The van der Waals surface area contributed by atoms with Crippen molar-refractivity contribution in [3.8, 4) is 0 Å². The number of nitrogens with one attached hydrogen (secondary N) is 1. The van der Waals surface area contributed by atoms with Gasteiger partial charge in [-0.15, -0.1) is 0 Å². The lowest BCUT2D eigenvalue weighted by atomic mass is 9.43. The first-order chi connectivity index (χ1) is 16.6. The van der Waals surface area contributed by atoms with Crippen molar-refractivity contribution in [3.63, 3.8) is 0 Å². The van der Waals surface area contributed by atoms with Crippen LogP contribution in [0.15, 0.2) is 30.3 Å². The predicted octanol–water partition coefficient (Wildman–Crippen LogP) is 4.34. The number of carbonyl (C=O) groups is 1. The fourth-order valence-corrected chi connectivity index (χ4v) is 9.60. The molecule has 4 aliphatic carbocycles. The molecule has 0 bridgehead atoms. The molecule has 5 rings (SSSR count). The molecule has 11 atom stereocenters. The van der Waals surface area contributed by atoms with Crippen LogP contribution in [0.2, 0.25) is 0 Å². The molecule has 1 amide bonds. The van der Waals surface area contributed by atoms with Crippen molar-refractivity contribution in [2.45, 2.75) is 90.0 Å². The fourth-order valence-electron chi connectivity index (χ4n) is 9.60. The van der Waals surface area contributed by atoms with Gasteiger partial charge in [0.1, 0.15) is 0 Å². The molecule has 11 unspecified atom stereocenters. The van der Waals surface area contributed by atoms with E-state index in [1.54, 1.807) is 12.1 Å². The van der Waals surface area contributed by atoms with Gasteiger partial charge in [0.25, 0.3) is 5.91 Å². The van der Waals surface area contributed by atoms with Crippen LogP contribution in [0.25, 0.3) is 0 Å². The normalized spacial score (nSPS) is 45.8. The third kappa shape index (κ3) is 3.97. The summed E-state index contributed by atoms with van der Waals surface area (Å²) in [7, 11) is 4.44. The number of amides is 1. The fraction of sp³-hybridized carbons (Fsp3) is 0.767. The molecule has 0 radical (unpaired) electrons. The Bertz CT molecular complexity index is 921. The Hall–Kier alpha value is -1.43. The highest BCUT2D eigenvalue weighted by Crippen LogP contribution is 2.68. The Morgan fingerprint density at radius 2 is 1.63 bits per heavy atom. The highest BCUT2D eigenvalue weighted by Gasteiger charge is 2.63. The van der Waals surface area contributed by atoms with Gasteiger partial charge in [-0.25, -0.2) is 0 Å². The van der Waals surface area contributed by atoms with E-state index in [9.17, 15) is 15.0 Å². The molecule has 0 aromatic heterocycles. The number of aliphatic hydroxyl groups is 2. The predicted molar refractivity (Wildman–Crippen MR) is 139 cm³/mol. The van der Waals surface area contributed by atoms with Gasteiger partial charge in [0, 0.05) is 11.6 Å². The summed E-state index contributed by atoms with van der Waals surface area (Å²) in [4.78, 5) is 15.2.